The molecule has 1 N–H and O–H groups in total. The van der Waals surface area contributed by atoms with Crippen molar-refractivity contribution >= 4 is 17.5 Å². The first-order valence-electron chi connectivity index (χ1n) is 9.29. The van der Waals surface area contributed by atoms with Crippen LogP contribution in [0, 0.1) is 0 Å². The normalized spacial score (nSPS) is 11.9. The second kappa shape index (κ2) is 8.32. The maximum Gasteiger partial charge on any atom is 0.276 e. The lowest BCUT2D eigenvalue weighted by Gasteiger charge is -2.14. The van der Waals surface area contributed by atoms with Gasteiger partial charge < -0.3 is 9.88 Å². The first-order valence-corrected chi connectivity index (χ1v) is 9.66. The summed E-state index contributed by atoms with van der Waals surface area (Å²) in [4.78, 5) is 13.0. The molecule has 1 atom stereocenters. The molecule has 0 aliphatic heterocycles. The van der Waals surface area contributed by atoms with Gasteiger partial charge in [-0.05, 0) is 42.3 Å². The van der Waals surface area contributed by atoms with Crippen LogP contribution in [-0.2, 0) is 6.54 Å². The number of hydrogen-bond donors (Lipinski definition) is 1. The fourth-order valence-electron chi connectivity index (χ4n) is 3.19. The quantitative estimate of drug-likeness (QED) is 0.521. The zero-order valence-corrected chi connectivity index (χ0v) is 16.6. The van der Waals surface area contributed by atoms with E-state index in [0.717, 1.165) is 11.1 Å². The van der Waals surface area contributed by atoms with E-state index in [2.05, 4.69) is 15.6 Å². The third-order valence-corrected chi connectivity index (χ3v) is 4.88. The van der Waals surface area contributed by atoms with E-state index < -0.39 is 0 Å². The summed E-state index contributed by atoms with van der Waals surface area (Å²) >= 11 is 6.11. The van der Waals surface area contributed by atoms with Crippen LogP contribution in [0.3, 0.4) is 0 Å². The van der Waals surface area contributed by atoms with Gasteiger partial charge >= 0.3 is 0 Å². The third kappa shape index (κ3) is 4.22. The number of hydrogen-bond acceptors (Lipinski definition) is 3. The van der Waals surface area contributed by atoms with E-state index in [9.17, 15) is 4.79 Å². The molecule has 0 aliphatic rings. The molecule has 4 aromatic rings. The number of carbonyl (C=O) groups is 1. The SMILES string of the molecule is CC(NC(=O)c1nnn(Cc2cccc(Cl)c2)c1-n1cccc1)c1ccccc1. The fourth-order valence-corrected chi connectivity index (χ4v) is 3.40. The van der Waals surface area contributed by atoms with Crippen molar-refractivity contribution in [1.82, 2.24) is 24.9 Å². The van der Waals surface area contributed by atoms with Crippen LogP contribution in [0.2, 0.25) is 5.02 Å². The van der Waals surface area contributed by atoms with E-state index in [1.54, 1.807) is 4.68 Å². The highest BCUT2D eigenvalue weighted by Crippen LogP contribution is 2.18. The van der Waals surface area contributed by atoms with Crippen LogP contribution in [0.5, 0.6) is 0 Å². The number of nitrogens with zero attached hydrogens (tertiary/aromatic N) is 4. The molecule has 1 unspecified atom stereocenters. The van der Waals surface area contributed by atoms with Gasteiger partial charge in [0.1, 0.15) is 0 Å². The Morgan fingerprint density at radius 3 is 2.55 bits per heavy atom. The third-order valence-electron chi connectivity index (χ3n) is 4.64. The maximum absolute atomic E-state index is 13.0. The topological polar surface area (TPSA) is 64.7 Å². The van der Waals surface area contributed by atoms with Crippen molar-refractivity contribution < 1.29 is 4.79 Å². The van der Waals surface area contributed by atoms with E-state index >= 15 is 0 Å². The van der Waals surface area contributed by atoms with Gasteiger partial charge in [0.05, 0.1) is 12.6 Å². The standard InChI is InChI=1S/C22H20ClN5O/c1-16(18-9-3-2-4-10-18)24-21(29)20-22(27-12-5-6-13-27)28(26-25-20)15-17-8-7-11-19(23)14-17/h2-14,16H,15H2,1H3,(H,24,29). The highest BCUT2D eigenvalue weighted by molar-refractivity contribution is 6.30. The molecule has 0 saturated carbocycles. The molecule has 0 fully saturated rings. The lowest BCUT2D eigenvalue weighted by atomic mass is 10.1. The number of halogens is 1. The minimum Gasteiger partial charge on any atom is -0.344 e. The van der Waals surface area contributed by atoms with E-state index in [-0.39, 0.29) is 17.6 Å². The second-order valence-electron chi connectivity index (χ2n) is 6.75. The van der Waals surface area contributed by atoms with Gasteiger partial charge in [-0.1, -0.05) is 59.3 Å². The summed E-state index contributed by atoms with van der Waals surface area (Å²) in [6, 6.07) is 21.0. The van der Waals surface area contributed by atoms with Crippen LogP contribution < -0.4 is 5.32 Å². The summed E-state index contributed by atoms with van der Waals surface area (Å²) in [5.41, 5.74) is 2.26. The van der Waals surface area contributed by atoms with Gasteiger partial charge in [-0.15, -0.1) is 5.10 Å². The molecule has 0 radical (unpaired) electrons. The van der Waals surface area contributed by atoms with Crippen LogP contribution >= 0.6 is 11.6 Å². The molecule has 7 heteroatoms. The van der Waals surface area contributed by atoms with Crippen LogP contribution in [-0.4, -0.2) is 25.5 Å². The molecule has 6 nitrogen and oxygen atoms in total. The highest BCUT2D eigenvalue weighted by atomic mass is 35.5. The van der Waals surface area contributed by atoms with Crippen molar-refractivity contribution in [3.8, 4) is 5.82 Å². The van der Waals surface area contributed by atoms with Crippen molar-refractivity contribution in [3.63, 3.8) is 0 Å². The van der Waals surface area contributed by atoms with Crippen molar-refractivity contribution in [2.75, 3.05) is 0 Å². The Kier molecular flexibility index (Phi) is 5.44. The first kappa shape index (κ1) is 19.0. The number of rotatable bonds is 6. The molecule has 0 bridgehead atoms. The zero-order valence-electron chi connectivity index (χ0n) is 15.9. The average molecular weight is 406 g/mol. The Morgan fingerprint density at radius 2 is 1.83 bits per heavy atom. The highest BCUT2D eigenvalue weighted by Gasteiger charge is 2.22. The second-order valence-corrected chi connectivity index (χ2v) is 7.18. The molecule has 0 spiro atoms. The first-order chi connectivity index (χ1) is 14.1. The molecule has 2 aromatic heterocycles. The Morgan fingerprint density at radius 1 is 1.07 bits per heavy atom. The minimum atomic E-state index is -0.276. The predicted molar refractivity (Wildman–Crippen MR) is 112 cm³/mol. The lowest BCUT2D eigenvalue weighted by molar-refractivity contribution is 0.0934. The zero-order chi connectivity index (χ0) is 20.2. The van der Waals surface area contributed by atoms with Crippen LogP contribution in [0.1, 0.15) is 34.6 Å². The van der Waals surface area contributed by atoms with Crippen LogP contribution in [0.25, 0.3) is 5.82 Å². The van der Waals surface area contributed by atoms with E-state index in [0.29, 0.717) is 17.4 Å². The van der Waals surface area contributed by atoms with Crippen LogP contribution in [0.15, 0.2) is 79.1 Å². The monoisotopic (exact) mass is 405 g/mol. The smallest absolute Gasteiger partial charge is 0.276 e. The van der Waals surface area contributed by atoms with Gasteiger partial charge in [0.15, 0.2) is 11.5 Å². The molecule has 4 rings (SSSR count). The van der Waals surface area contributed by atoms with E-state index in [4.69, 9.17) is 11.6 Å². The van der Waals surface area contributed by atoms with Crippen molar-refractivity contribution in [3.05, 3.63) is 101 Å². The molecular formula is C22H20ClN5O. The molecular weight excluding hydrogens is 386 g/mol. The van der Waals surface area contributed by atoms with Gasteiger partial charge in [0.25, 0.3) is 5.91 Å². The molecule has 146 valence electrons. The van der Waals surface area contributed by atoms with Gasteiger partial charge in [-0.25, -0.2) is 4.68 Å². The van der Waals surface area contributed by atoms with E-state index in [1.807, 2.05) is 90.6 Å². The molecule has 2 aromatic carbocycles. The van der Waals surface area contributed by atoms with Gasteiger partial charge in [-0.3, -0.25) is 4.79 Å². The number of nitrogens with one attached hydrogen (secondary N) is 1. The predicted octanol–water partition coefficient (Wildman–Crippen LogP) is 4.26. The van der Waals surface area contributed by atoms with Crippen LogP contribution in [0.4, 0.5) is 0 Å². The molecule has 0 aliphatic carbocycles. The summed E-state index contributed by atoms with van der Waals surface area (Å²) < 4.78 is 3.54. The Balaban J connectivity index is 1.65. The van der Waals surface area contributed by atoms with Gasteiger partial charge in [-0.2, -0.15) is 0 Å². The van der Waals surface area contributed by atoms with Gasteiger partial charge in [0.2, 0.25) is 0 Å². The number of carbonyl (C=O) groups excluding carboxylic acids is 1. The molecule has 1 amide bonds. The average Bonchev–Trinajstić information content (AvgIpc) is 3.38. The summed E-state index contributed by atoms with van der Waals surface area (Å²) in [5.74, 6) is 0.329. The Labute approximate surface area is 173 Å². The van der Waals surface area contributed by atoms with Crippen molar-refractivity contribution in [2.45, 2.75) is 19.5 Å². The lowest BCUT2D eigenvalue weighted by Crippen LogP contribution is -2.28. The Hall–Kier alpha value is -3.38. The summed E-state index contributed by atoms with van der Waals surface area (Å²) in [5, 5.41) is 12.1. The molecule has 0 saturated heterocycles. The summed E-state index contributed by atoms with van der Waals surface area (Å²) in [6.07, 6.45) is 3.73. The number of aromatic nitrogens is 4. The fraction of sp³-hybridized carbons (Fsp3) is 0.136. The minimum absolute atomic E-state index is 0.153. The number of amides is 1. The largest absolute Gasteiger partial charge is 0.344 e. The van der Waals surface area contributed by atoms with Crippen molar-refractivity contribution in [1.29, 1.82) is 0 Å². The Bertz CT molecular complexity index is 1110. The van der Waals surface area contributed by atoms with Gasteiger partial charge in [0, 0.05) is 17.4 Å². The number of benzene rings is 2. The van der Waals surface area contributed by atoms with E-state index in [1.165, 1.54) is 0 Å². The van der Waals surface area contributed by atoms with Crippen molar-refractivity contribution in [2.24, 2.45) is 0 Å². The molecule has 2 heterocycles. The summed E-state index contributed by atoms with van der Waals surface area (Å²) in [6.45, 7) is 2.39. The maximum atomic E-state index is 13.0. The molecule has 29 heavy (non-hydrogen) atoms. The summed E-state index contributed by atoms with van der Waals surface area (Å²) in [7, 11) is 0.